The van der Waals surface area contributed by atoms with Crippen LogP contribution in [0.15, 0.2) is 18.3 Å². The molecule has 6 heteroatoms. The van der Waals surface area contributed by atoms with E-state index in [9.17, 15) is 4.79 Å². The average molecular weight is 304 g/mol. The molecule has 0 spiro atoms. The van der Waals surface area contributed by atoms with E-state index < -0.39 is 0 Å². The number of pyridine rings is 1. The van der Waals surface area contributed by atoms with Gasteiger partial charge in [0.2, 0.25) is 0 Å². The van der Waals surface area contributed by atoms with Crippen molar-refractivity contribution in [2.24, 2.45) is 0 Å². The molecule has 2 amide bonds. The summed E-state index contributed by atoms with van der Waals surface area (Å²) < 4.78 is 5.59. The fraction of sp³-hybridized carbons (Fsp3) is 0.625. The van der Waals surface area contributed by atoms with Crippen LogP contribution in [0.25, 0.3) is 0 Å². The van der Waals surface area contributed by atoms with Crippen molar-refractivity contribution in [2.75, 3.05) is 43.5 Å². The van der Waals surface area contributed by atoms with Gasteiger partial charge in [0.05, 0.1) is 11.8 Å². The molecule has 6 nitrogen and oxygen atoms in total. The molecule has 0 aliphatic carbocycles. The van der Waals surface area contributed by atoms with Crippen LogP contribution in [0.3, 0.4) is 0 Å². The summed E-state index contributed by atoms with van der Waals surface area (Å²) in [4.78, 5) is 20.7. The number of nitrogens with one attached hydrogen (secondary N) is 1. The Bertz CT molecular complexity index is 511. The van der Waals surface area contributed by atoms with Crippen LogP contribution in [0.5, 0.6) is 0 Å². The van der Waals surface area contributed by atoms with Gasteiger partial charge in [-0.25, -0.2) is 9.78 Å². The van der Waals surface area contributed by atoms with E-state index in [0.717, 1.165) is 44.0 Å². The summed E-state index contributed by atoms with van der Waals surface area (Å²) in [5.74, 6) is 0.874. The second-order valence-electron chi connectivity index (χ2n) is 6.01. The number of urea groups is 1. The number of rotatable bonds is 4. The van der Waals surface area contributed by atoms with E-state index in [0.29, 0.717) is 6.54 Å². The summed E-state index contributed by atoms with van der Waals surface area (Å²) in [5, 5.41) is 2.99. The molecule has 2 aliphatic heterocycles. The van der Waals surface area contributed by atoms with Gasteiger partial charge in [0.25, 0.3) is 0 Å². The number of carbonyl (C=O) groups is 1. The number of anilines is 2. The smallest absolute Gasteiger partial charge is 0.321 e. The number of nitrogens with zero attached hydrogens (tertiary/aromatic N) is 3. The molecule has 1 unspecified atom stereocenters. The fourth-order valence-corrected chi connectivity index (χ4v) is 3.06. The standard InChI is InChI=1S/C16H24N4O2/c1-19(12-13-6-5-11-22-13)16(21)18-14-7-4-8-17-15(14)20-9-2-3-10-20/h4,7-8,13H,2-3,5-6,9-12H2,1H3,(H,18,21). The van der Waals surface area contributed by atoms with Crippen molar-refractivity contribution >= 4 is 17.5 Å². The molecule has 1 aromatic heterocycles. The lowest BCUT2D eigenvalue weighted by atomic mass is 10.2. The number of amides is 2. The van der Waals surface area contributed by atoms with E-state index in [1.165, 1.54) is 12.8 Å². The Labute approximate surface area is 131 Å². The van der Waals surface area contributed by atoms with Gasteiger partial charge in [-0.05, 0) is 37.8 Å². The second kappa shape index (κ2) is 6.96. The number of aromatic nitrogens is 1. The Hall–Kier alpha value is -1.82. The van der Waals surface area contributed by atoms with Gasteiger partial charge in [-0.1, -0.05) is 0 Å². The van der Waals surface area contributed by atoms with E-state index in [4.69, 9.17) is 4.74 Å². The average Bonchev–Trinajstić information content (AvgIpc) is 3.21. The first kappa shape index (κ1) is 15.1. The van der Waals surface area contributed by atoms with Crippen molar-refractivity contribution in [3.05, 3.63) is 18.3 Å². The van der Waals surface area contributed by atoms with Gasteiger partial charge in [-0.3, -0.25) is 0 Å². The van der Waals surface area contributed by atoms with Crippen LogP contribution < -0.4 is 10.2 Å². The molecule has 0 bridgehead atoms. The first-order chi connectivity index (χ1) is 10.7. The van der Waals surface area contributed by atoms with Crippen LogP contribution in [0.4, 0.5) is 16.3 Å². The lowest BCUT2D eigenvalue weighted by molar-refractivity contribution is 0.0894. The summed E-state index contributed by atoms with van der Waals surface area (Å²) >= 11 is 0. The largest absolute Gasteiger partial charge is 0.376 e. The Morgan fingerprint density at radius 3 is 3.00 bits per heavy atom. The van der Waals surface area contributed by atoms with Crippen molar-refractivity contribution in [1.82, 2.24) is 9.88 Å². The minimum Gasteiger partial charge on any atom is -0.376 e. The Balaban J connectivity index is 1.63. The Kier molecular flexibility index (Phi) is 4.77. The lowest BCUT2D eigenvalue weighted by Gasteiger charge is -2.24. The SMILES string of the molecule is CN(CC1CCCO1)C(=O)Nc1cccnc1N1CCCC1. The maximum atomic E-state index is 12.4. The maximum absolute atomic E-state index is 12.4. The topological polar surface area (TPSA) is 57.7 Å². The molecule has 0 saturated carbocycles. The van der Waals surface area contributed by atoms with Crippen LogP contribution in [0.2, 0.25) is 0 Å². The third-order valence-corrected chi connectivity index (χ3v) is 4.28. The highest BCUT2D eigenvalue weighted by atomic mass is 16.5. The summed E-state index contributed by atoms with van der Waals surface area (Å²) in [6.07, 6.45) is 6.43. The zero-order chi connectivity index (χ0) is 15.4. The summed E-state index contributed by atoms with van der Waals surface area (Å²) in [5.41, 5.74) is 0.786. The van der Waals surface area contributed by atoms with E-state index in [2.05, 4.69) is 15.2 Å². The molecule has 3 heterocycles. The zero-order valence-electron chi connectivity index (χ0n) is 13.1. The first-order valence-electron chi connectivity index (χ1n) is 8.08. The lowest BCUT2D eigenvalue weighted by Crippen LogP contribution is -2.37. The summed E-state index contributed by atoms with van der Waals surface area (Å²) in [6, 6.07) is 3.66. The van der Waals surface area contributed by atoms with Gasteiger partial charge in [0.1, 0.15) is 0 Å². The monoisotopic (exact) mass is 304 g/mol. The molecular weight excluding hydrogens is 280 g/mol. The molecule has 2 aliphatic rings. The zero-order valence-corrected chi connectivity index (χ0v) is 13.1. The highest BCUT2D eigenvalue weighted by molar-refractivity contribution is 5.92. The Morgan fingerprint density at radius 2 is 2.27 bits per heavy atom. The highest BCUT2D eigenvalue weighted by Gasteiger charge is 2.22. The van der Waals surface area contributed by atoms with E-state index in [1.807, 2.05) is 19.2 Å². The van der Waals surface area contributed by atoms with E-state index >= 15 is 0 Å². The summed E-state index contributed by atoms with van der Waals surface area (Å²) in [6.45, 7) is 3.45. The van der Waals surface area contributed by atoms with Gasteiger partial charge >= 0.3 is 6.03 Å². The molecule has 2 fully saturated rings. The van der Waals surface area contributed by atoms with Crippen LogP contribution in [-0.2, 0) is 4.74 Å². The minimum absolute atomic E-state index is 0.107. The molecule has 1 N–H and O–H groups in total. The third-order valence-electron chi connectivity index (χ3n) is 4.28. The molecule has 0 aromatic carbocycles. The predicted molar refractivity (Wildman–Crippen MR) is 86.3 cm³/mol. The Morgan fingerprint density at radius 1 is 1.45 bits per heavy atom. The van der Waals surface area contributed by atoms with Crippen molar-refractivity contribution < 1.29 is 9.53 Å². The number of hydrogen-bond donors (Lipinski definition) is 1. The van der Waals surface area contributed by atoms with Crippen LogP contribution in [0.1, 0.15) is 25.7 Å². The van der Waals surface area contributed by atoms with E-state index in [1.54, 1.807) is 11.1 Å². The quantitative estimate of drug-likeness (QED) is 0.927. The molecule has 3 rings (SSSR count). The first-order valence-corrected chi connectivity index (χ1v) is 8.08. The molecule has 22 heavy (non-hydrogen) atoms. The number of carbonyl (C=O) groups excluding carboxylic acids is 1. The minimum atomic E-state index is -0.107. The maximum Gasteiger partial charge on any atom is 0.321 e. The third kappa shape index (κ3) is 3.50. The number of ether oxygens (including phenoxy) is 1. The molecule has 1 atom stereocenters. The van der Waals surface area contributed by atoms with E-state index in [-0.39, 0.29) is 12.1 Å². The number of hydrogen-bond acceptors (Lipinski definition) is 4. The van der Waals surface area contributed by atoms with Gasteiger partial charge in [0.15, 0.2) is 5.82 Å². The second-order valence-corrected chi connectivity index (χ2v) is 6.01. The van der Waals surface area contributed by atoms with Gasteiger partial charge < -0.3 is 19.9 Å². The van der Waals surface area contributed by atoms with Gasteiger partial charge in [-0.2, -0.15) is 0 Å². The molecule has 1 aromatic rings. The van der Waals surface area contributed by atoms with Crippen molar-refractivity contribution in [3.63, 3.8) is 0 Å². The van der Waals surface area contributed by atoms with Gasteiger partial charge in [-0.15, -0.1) is 0 Å². The van der Waals surface area contributed by atoms with Crippen LogP contribution in [-0.4, -0.2) is 55.3 Å². The number of likely N-dealkylation sites (N-methyl/N-ethyl adjacent to an activating group) is 1. The fourth-order valence-electron chi connectivity index (χ4n) is 3.06. The van der Waals surface area contributed by atoms with Crippen molar-refractivity contribution in [2.45, 2.75) is 31.8 Å². The molecule has 0 radical (unpaired) electrons. The van der Waals surface area contributed by atoms with Crippen molar-refractivity contribution in [1.29, 1.82) is 0 Å². The normalized spacial score (nSPS) is 21.1. The summed E-state index contributed by atoms with van der Waals surface area (Å²) in [7, 11) is 1.81. The molecular formula is C16H24N4O2. The van der Waals surface area contributed by atoms with Crippen LogP contribution >= 0.6 is 0 Å². The molecule has 2 saturated heterocycles. The highest BCUT2D eigenvalue weighted by Crippen LogP contribution is 2.26. The van der Waals surface area contributed by atoms with Crippen molar-refractivity contribution in [3.8, 4) is 0 Å². The van der Waals surface area contributed by atoms with Gasteiger partial charge in [0, 0.05) is 39.5 Å². The van der Waals surface area contributed by atoms with Crippen LogP contribution in [0, 0.1) is 0 Å². The molecule has 120 valence electrons. The predicted octanol–water partition coefficient (Wildman–Crippen LogP) is 2.32.